The molecule has 1 N–H and O–H groups in total. The Morgan fingerprint density at radius 3 is 2.61 bits per heavy atom. The number of aromatic nitrogens is 4. The number of rotatable bonds is 6. The second-order valence-electron chi connectivity index (χ2n) is 7.91. The quantitative estimate of drug-likeness (QED) is 0.712. The molecule has 1 aliphatic carbocycles. The molecular formula is C22H25N5O. The van der Waals surface area contributed by atoms with Crippen molar-refractivity contribution in [1.82, 2.24) is 20.2 Å². The summed E-state index contributed by atoms with van der Waals surface area (Å²) in [6, 6.07) is 19.0. The van der Waals surface area contributed by atoms with Gasteiger partial charge in [-0.05, 0) is 55.0 Å². The molecule has 3 aromatic rings. The maximum atomic E-state index is 6.02. The van der Waals surface area contributed by atoms with Crippen molar-refractivity contribution >= 4 is 5.69 Å². The van der Waals surface area contributed by atoms with Crippen molar-refractivity contribution in [3.63, 3.8) is 0 Å². The summed E-state index contributed by atoms with van der Waals surface area (Å²) >= 11 is 0. The van der Waals surface area contributed by atoms with Crippen molar-refractivity contribution in [2.75, 3.05) is 11.9 Å². The average Bonchev–Trinajstić information content (AvgIpc) is 3.35. The van der Waals surface area contributed by atoms with Gasteiger partial charge in [0.1, 0.15) is 0 Å². The number of ether oxygens (including phenoxy) is 1. The summed E-state index contributed by atoms with van der Waals surface area (Å²) in [5, 5.41) is 16.4. The Morgan fingerprint density at radius 2 is 1.89 bits per heavy atom. The van der Waals surface area contributed by atoms with Gasteiger partial charge < -0.3 is 10.1 Å². The monoisotopic (exact) mass is 375 g/mol. The summed E-state index contributed by atoms with van der Waals surface area (Å²) in [5.74, 6) is 0.670. The van der Waals surface area contributed by atoms with E-state index in [1.807, 2.05) is 30.3 Å². The van der Waals surface area contributed by atoms with E-state index >= 15 is 0 Å². The molecule has 0 bridgehead atoms. The Morgan fingerprint density at radius 1 is 1.07 bits per heavy atom. The molecule has 144 valence electrons. The van der Waals surface area contributed by atoms with E-state index in [4.69, 9.17) is 4.74 Å². The summed E-state index contributed by atoms with van der Waals surface area (Å²) in [6.07, 6.45) is 5.78. The van der Waals surface area contributed by atoms with Crippen molar-refractivity contribution in [2.24, 2.45) is 0 Å². The van der Waals surface area contributed by atoms with Crippen LogP contribution in [0.15, 0.2) is 54.6 Å². The molecule has 0 amide bonds. The first kappa shape index (κ1) is 17.4. The molecule has 6 nitrogen and oxygen atoms in total. The number of hydrogen-bond acceptors (Lipinski definition) is 5. The van der Waals surface area contributed by atoms with Crippen LogP contribution in [0, 0.1) is 0 Å². The van der Waals surface area contributed by atoms with Gasteiger partial charge in [-0.3, -0.25) is 0 Å². The van der Waals surface area contributed by atoms with E-state index in [2.05, 4.69) is 45.0 Å². The van der Waals surface area contributed by atoms with Gasteiger partial charge in [0.2, 0.25) is 5.82 Å². The lowest BCUT2D eigenvalue weighted by Gasteiger charge is -2.37. The first-order chi connectivity index (χ1) is 13.8. The SMILES string of the molecule is c1ccc(-c2nnn(CCc3ccc(NC4COC5(CCC5)C4)cc3)n2)cc1. The smallest absolute Gasteiger partial charge is 0.204 e. The molecule has 1 saturated carbocycles. The fourth-order valence-corrected chi connectivity index (χ4v) is 4.13. The Hall–Kier alpha value is -2.73. The molecule has 2 aromatic carbocycles. The average molecular weight is 375 g/mol. The van der Waals surface area contributed by atoms with Crippen molar-refractivity contribution in [3.8, 4) is 11.4 Å². The summed E-state index contributed by atoms with van der Waals surface area (Å²) in [4.78, 5) is 1.67. The Kier molecular flexibility index (Phi) is 4.56. The second-order valence-corrected chi connectivity index (χ2v) is 7.91. The third-order valence-corrected chi connectivity index (χ3v) is 5.88. The van der Waals surface area contributed by atoms with Gasteiger partial charge in [-0.15, -0.1) is 10.2 Å². The molecule has 1 aliphatic heterocycles. The standard InChI is InChI=1S/C22H25N5O/c1-2-5-18(6-3-1)21-24-26-27(25-21)14-11-17-7-9-19(10-8-17)23-20-15-22(28-16-20)12-4-13-22/h1-3,5-10,20,23H,4,11-16H2. The van der Waals surface area contributed by atoms with E-state index in [1.54, 1.807) is 4.80 Å². The van der Waals surface area contributed by atoms with Crippen molar-refractivity contribution < 1.29 is 4.74 Å². The largest absolute Gasteiger partial charge is 0.380 e. The minimum Gasteiger partial charge on any atom is -0.380 e. The topological polar surface area (TPSA) is 64.9 Å². The number of aryl methyl sites for hydroxylation is 2. The number of nitrogens with zero attached hydrogens (tertiary/aromatic N) is 4. The zero-order valence-electron chi connectivity index (χ0n) is 15.9. The van der Waals surface area contributed by atoms with Gasteiger partial charge in [0.15, 0.2) is 0 Å². The van der Waals surface area contributed by atoms with E-state index in [9.17, 15) is 0 Å². The molecule has 1 spiro atoms. The highest BCUT2D eigenvalue weighted by atomic mass is 16.5. The molecule has 2 heterocycles. The summed E-state index contributed by atoms with van der Waals surface area (Å²) in [5.41, 5.74) is 3.62. The Labute approximate surface area is 164 Å². The summed E-state index contributed by atoms with van der Waals surface area (Å²) in [7, 11) is 0. The number of nitrogens with one attached hydrogen (secondary N) is 1. The molecule has 28 heavy (non-hydrogen) atoms. The third kappa shape index (κ3) is 3.64. The van der Waals surface area contributed by atoms with Crippen LogP contribution in [0.5, 0.6) is 0 Å². The van der Waals surface area contributed by atoms with E-state index in [0.717, 1.165) is 25.0 Å². The van der Waals surface area contributed by atoms with Crippen LogP contribution in [0.3, 0.4) is 0 Å². The minimum atomic E-state index is 0.195. The van der Waals surface area contributed by atoms with Crippen LogP contribution in [0.25, 0.3) is 11.4 Å². The van der Waals surface area contributed by atoms with E-state index in [1.165, 1.54) is 30.5 Å². The first-order valence-electron chi connectivity index (χ1n) is 10.1. The van der Waals surface area contributed by atoms with Crippen LogP contribution in [0.4, 0.5) is 5.69 Å². The van der Waals surface area contributed by atoms with Crippen LogP contribution in [0.2, 0.25) is 0 Å². The van der Waals surface area contributed by atoms with Gasteiger partial charge in [-0.25, -0.2) is 0 Å². The molecule has 2 fully saturated rings. The van der Waals surface area contributed by atoms with Gasteiger partial charge >= 0.3 is 0 Å². The van der Waals surface area contributed by atoms with Crippen LogP contribution in [-0.4, -0.2) is 38.5 Å². The summed E-state index contributed by atoms with van der Waals surface area (Å²) in [6.45, 7) is 1.54. The molecule has 0 radical (unpaired) electrons. The molecule has 2 aliphatic rings. The van der Waals surface area contributed by atoms with Crippen LogP contribution in [-0.2, 0) is 17.7 Å². The fraction of sp³-hybridized carbons (Fsp3) is 0.409. The number of hydrogen-bond donors (Lipinski definition) is 1. The predicted octanol–water partition coefficient (Wildman–Crippen LogP) is 3.71. The number of tetrazole rings is 1. The van der Waals surface area contributed by atoms with Gasteiger partial charge in [-0.1, -0.05) is 42.5 Å². The van der Waals surface area contributed by atoms with Crippen molar-refractivity contribution in [2.45, 2.75) is 50.3 Å². The highest BCUT2D eigenvalue weighted by Crippen LogP contribution is 2.43. The van der Waals surface area contributed by atoms with Crippen LogP contribution in [0.1, 0.15) is 31.2 Å². The maximum absolute atomic E-state index is 6.02. The van der Waals surface area contributed by atoms with Crippen LogP contribution >= 0.6 is 0 Å². The van der Waals surface area contributed by atoms with Gasteiger partial charge in [0, 0.05) is 11.3 Å². The zero-order chi connectivity index (χ0) is 18.8. The maximum Gasteiger partial charge on any atom is 0.204 e. The highest BCUT2D eigenvalue weighted by Gasteiger charge is 2.44. The summed E-state index contributed by atoms with van der Waals surface area (Å²) < 4.78 is 6.02. The van der Waals surface area contributed by atoms with E-state index in [0.29, 0.717) is 18.4 Å². The predicted molar refractivity (Wildman–Crippen MR) is 108 cm³/mol. The lowest BCUT2D eigenvalue weighted by Crippen LogP contribution is -2.36. The molecule has 1 atom stereocenters. The van der Waals surface area contributed by atoms with Gasteiger partial charge in [0.25, 0.3) is 0 Å². The second kappa shape index (κ2) is 7.36. The molecule has 1 saturated heterocycles. The fourth-order valence-electron chi connectivity index (χ4n) is 4.13. The Bertz CT molecular complexity index is 918. The number of anilines is 1. The molecule has 1 aromatic heterocycles. The lowest BCUT2D eigenvalue weighted by atomic mass is 9.77. The minimum absolute atomic E-state index is 0.195. The lowest BCUT2D eigenvalue weighted by molar-refractivity contribution is -0.0562. The zero-order valence-corrected chi connectivity index (χ0v) is 15.9. The van der Waals surface area contributed by atoms with Gasteiger partial charge in [0.05, 0.1) is 24.8 Å². The highest BCUT2D eigenvalue weighted by molar-refractivity contribution is 5.53. The molecule has 6 heteroatoms. The van der Waals surface area contributed by atoms with Crippen LogP contribution < -0.4 is 5.32 Å². The first-order valence-corrected chi connectivity index (χ1v) is 10.1. The van der Waals surface area contributed by atoms with Gasteiger partial charge in [-0.2, -0.15) is 4.80 Å². The molecule has 1 unspecified atom stereocenters. The van der Waals surface area contributed by atoms with E-state index in [-0.39, 0.29) is 5.60 Å². The normalized spacial score (nSPS) is 20.2. The van der Waals surface area contributed by atoms with Crippen molar-refractivity contribution in [3.05, 3.63) is 60.2 Å². The van der Waals surface area contributed by atoms with E-state index < -0.39 is 0 Å². The third-order valence-electron chi connectivity index (χ3n) is 5.88. The molecular weight excluding hydrogens is 350 g/mol. The van der Waals surface area contributed by atoms with Crippen molar-refractivity contribution in [1.29, 1.82) is 0 Å². The number of benzene rings is 2. The molecule has 5 rings (SSSR count). The Balaban J connectivity index is 1.14.